The van der Waals surface area contributed by atoms with E-state index in [0.717, 1.165) is 12.1 Å². The van der Waals surface area contributed by atoms with Gasteiger partial charge in [-0.05, 0) is 53.1 Å². The Labute approximate surface area is 240 Å². The first-order valence-corrected chi connectivity index (χ1v) is 13.3. The van der Waals surface area contributed by atoms with Crippen LogP contribution in [0.15, 0.2) is 85.0 Å². The van der Waals surface area contributed by atoms with Gasteiger partial charge < -0.3 is 25.2 Å². The third-order valence-electron chi connectivity index (χ3n) is 7.06. The van der Waals surface area contributed by atoms with E-state index in [1.807, 2.05) is 6.07 Å². The number of ether oxygens (including phenoxy) is 2. The molecule has 3 N–H and O–H groups in total. The molecule has 0 aromatic heterocycles. The number of allylic oxidation sites excluding steroid dienone is 2. The van der Waals surface area contributed by atoms with Crippen molar-refractivity contribution in [3.63, 3.8) is 0 Å². The van der Waals surface area contributed by atoms with Gasteiger partial charge in [0.15, 0.2) is 0 Å². The highest BCUT2D eigenvalue weighted by molar-refractivity contribution is 6.03. The molecule has 0 spiro atoms. The molecule has 0 aliphatic carbocycles. The number of amides is 2. The maximum atomic E-state index is 13.2. The molecule has 0 radical (unpaired) electrons. The third-order valence-corrected chi connectivity index (χ3v) is 7.06. The van der Waals surface area contributed by atoms with Gasteiger partial charge in [0, 0.05) is 34.9 Å². The van der Waals surface area contributed by atoms with Crippen molar-refractivity contribution in [2.45, 2.75) is 25.6 Å². The molecule has 5 rings (SSSR count). The fourth-order valence-electron chi connectivity index (χ4n) is 4.69. The van der Waals surface area contributed by atoms with E-state index in [4.69, 9.17) is 9.47 Å². The van der Waals surface area contributed by atoms with Gasteiger partial charge in [-0.2, -0.15) is 13.2 Å². The van der Waals surface area contributed by atoms with E-state index in [-0.39, 0.29) is 11.8 Å². The van der Waals surface area contributed by atoms with Crippen molar-refractivity contribution < 1.29 is 37.3 Å². The lowest BCUT2D eigenvalue weighted by Crippen LogP contribution is -2.44. The number of rotatable bonds is 8. The van der Waals surface area contributed by atoms with E-state index in [2.05, 4.69) is 17.6 Å². The van der Waals surface area contributed by atoms with E-state index in [1.165, 1.54) is 24.3 Å². The van der Waals surface area contributed by atoms with Crippen molar-refractivity contribution in [3.8, 4) is 5.75 Å². The van der Waals surface area contributed by atoms with Crippen LogP contribution < -0.4 is 15.4 Å². The zero-order valence-corrected chi connectivity index (χ0v) is 22.7. The number of anilines is 2. The van der Waals surface area contributed by atoms with Crippen molar-refractivity contribution in [3.05, 3.63) is 107 Å². The molecular formula is C32H29F3N2O5. The molecule has 218 valence electrons. The minimum absolute atomic E-state index is 0.0594. The molecule has 7 nitrogen and oxygen atoms in total. The normalized spacial score (nSPS) is 18.2. The first kappa shape index (κ1) is 29.1. The Bertz CT molecular complexity index is 1540. The molecule has 2 aliphatic heterocycles. The van der Waals surface area contributed by atoms with Gasteiger partial charge in [-0.1, -0.05) is 49.4 Å². The summed E-state index contributed by atoms with van der Waals surface area (Å²) in [6, 6.07) is 17.0. The van der Waals surface area contributed by atoms with Gasteiger partial charge in [0.1, 0.15) is 11.9 Å². The minimum Gasteiger partial charge on any atom is -0.493 e. The maximum Gasteiger partial charge on any atom is 0.416 e. The molecule has 1 saturated heterocycles. The lowest BCUT2D eigenvalue weighted by molar-refractivity contribution is -0.137. The van der Waals surface area contributed by atoms with Gasteiger partial charge in [0.05, 0.1) is 25.4 Å². The number of aliphatic hydroxyl groups excluding tert-OH is 1. The number of alkyl halides is 3. The highest BCUT2D eigenvalue weighted by Gasteiger charge is 2.34. The molecule has 2 amide bonds. The van der Waals surface area contributed by atoms with Gasteiger partial charge in [0.25, 0.3) is 5.91 Å². The number of hydrogen-bond acceptors (Lipinski definition) is 5. The predicted molar refractivity (Wildman–Crippen MR) is 152 cm³/mol. The Morgan fingerprint density at radius 2 is 1.86 bits per heavy atom. The summed E-state index contributed by atoms with van der Waals surface area (Å²) in [5, 5.41) is 15.3. The largest absolute Gasteiger partial charge is 0.493 e. The maximum absolute atomic E-state index is 13.2. The number of carbonyl (C=O) groups is 2. The lowest BCUT2D eigenvalue weighted by atomic mass is 9.90. The quantitative estimate of drug-likeness (QED) is 0.239. The summed E-state index contributed by atoms with van der Waals surface area (Å²) in [4.78, 5) is 24.6. The van der Waals surface area contributed by atoms with Crippen LogP contribution in [-0.4, -0.2) is 42.8 Å². The van der Waals surface area contributed by atoms with E-state index >= 15 is 0 Å². The second kappa shape index (κ2) is 11.8. The predicted octanol–water partition coefficient (Wildman–Crippen LogP) is 5.60. The highest BCUT2D eigenvalue weighted by Crippen LogP contribution is 2.34. The molecule has 1 atom stereocenters. The molecular weight excluding hydrogens is 549 g/mol. The summed E-state index contributed by atoms with van der Waals surface area (Å²) in [5.41, 5.74) is 2.52. The highest BCUT2D eigenvalue weighted by atomic mass is 19.4. The van der Waals surface area contributed by atoms with Crippen LogP contribution >= 0.6 is 0 Å². The summed E-state index contributed by atoms with van der Waals surface area (Å²) < 4.78 is 50.9. The van der Waals surface area contributed by atoms with Crippen LogP contribution in [0.25, 0.3) is 5.57 Å². The zero-order chi connectivity index (χ0) is 29.9. The fraction of sp³-hybridized carbons (Fsp3) is 0.250. The molecule has 42 heavy (non-hydrogen) atoms. The van der Waals surface area contributed by atoms with Gasteiger partial charge in [-0.25, -0.2) is 0 Å². The molecule has 1 unspecified atom stereocenters. The van der Waals surface area contributed by atoms with Gasteiger partial charge in [-0.3, -0.25) is 9.59 Å². The lowest BCUT2D eigenvalue weighted by Gasteiger charge is -2.37. The number of carbonyl (C=O) groups excluding carboxylic acids is 2. The summed E-state index contributed by atoms with van der Waals surface area (Å²) in [6.07, 6.45) is -1.18. The molecule has 3 aromatic rings. The molecule has 3 aromatic carbocycles. The molecule has 10 heteroatoms. The standard InChI is InChI=1S/C32H29F3N2O5/c1-31(17-41-18-31)19-42-23-6-2-5-21(15-23)24(20-11-13-22(14-12-20)32(33,34)35)7-3-10-29(39)36-26-8-4-9-27-25(26)16-28(38)30(40)37-27/h2-15,28,38H,16-19H2,1H3,(H,36,39)(H,37,40)/b10-3+,24-7+. The SMILES string of the molecule is CC1(COc2cccc(/C(=C/C=C/C(=O)Nc3cccc4c3CC(O)C(=O)N4)c3ccc(C(F)(F)F)cc3)c2)COC1. The summed E-state index contributed by atoms with van der Waals surface area (Å²) in [6.45, 7) is 3.74. The monoisotopic (exact) mass is 578 g/mol. The van der Waals surface area contributed by atoms with E-state index in [9.17, 15) is 27.9 Å². The zero-order valence-electron chi connectivity index (χ0n) is 22.7. The smallest absolute Gasteiger partial charge is 0.416 e. The minimum atomic E-state index is -4.47. The first-order chi connectivity index (χ1) is 20.0. The van der Waals surface area contributed by atoms with Crippen LogP contribution in [0.5, 0.6) is 5.75 Å². The van der Waals surface area contributed by atoms with E-state index in [0.29, 0.717) is 59.2 Å². The van der Waals surface area contributed by atoms with Crippen molar-refractivity contribution >= 4 is 28.8 Å². The van der Waals surface area contributed by atoms with Crippen LogP contribution in [0.4, 0.5) is 24.5 Å². The van der Waals surface area contributed by atoms with E-state index < -0.39 is 29.7 Å². The summed E-state index contributed by atoms with van der Waals surface area (Å²) in [5.74, 6) is -0.373. The van der Waals surface area contributed by atoms with Crippen molar-refractivity contribution in [1.82, 2.24) is 0 Å². The van der Waals surface area contributed by atoms with Crippen molar-refractivity contribution in [2.75, 3.05) is 30.5 Å². The number of hydrogen-bond donors (Lipinski definition) is 3. The van der Waals surface area contributed by atoms with Gasteiger partial charge in [0.2, 0.25) is 5.91 Å². The number of halogens is 3. The molecule has 1 fully saturated rings. The summed E-state index contributed by atoms with van der Waals surface area (Å²) in [7, 11) is 0. The number of aliphatic hydroxyl groups is 1. The fourth-order valence-corrected chi connectivity index (χ4v) is 4.69. The third kappa shape index (κ3) is 6.72. The van der Waals surface area contributed by atoms with Crippen LogP contribution in [0.1, 0.15) is 29.2 Å². The van der Waals surface area contributed by atoms with Crippen molar-refractivity contribution in [1.29, 1.82) is 0 Å². The van der Waals surface area contributed by atoms with E-state index in [1.54, 1.807) is 42.5 Å². The first-order valence-electron chi connectivity index (χ1n) is 13.3. The average Bonchev–Trinajstić information content (AvgIpc) is 2.94. The second-order valence-electron chi connectivity index (χ2n) is 10.7. The van der Waals surface area contributed by atoms with Crippen LogP contribution in [0, 0.1) is 5.41 Å². The number of nitrogens with one attached hydrogen (secondary N) is 2. The van der Waals surface area contributed by atoms with Crippen LogP contribution in [0.3, 0.4) is 0 Å². The Kier molecular flexibility index (Phi) is 8.20. The second-order valence-corrected chi connectivity index (χ2v) is 10.7. The molecule has 0 saturated carbocycles. The topological polar surface area (TPSA) is 96.9 Å². The van der Waals surface area contributed by atoms with Gasteiger partial charge >= 0.3 is 6.18 Å². The molecule has 2 aliphatic rings. The van der Waals surface area contributed by atoms with Crippen molar-refractivity contribution in [2.24, 2.45) is 5.41 Å². The Morgan fingerprint density at radius 3 is 2.55 bits per heavy atom. The summed E-state index contributed by atoms with van der Waals surface area (Å²) >= 11 is 0. The molecule has 0 bridgehead atoms. The van der Waals surface area contributed by atoms with Crippen LogP contribution in [0.2, 0.25) is 0 Å². The Hall–Kier alpha value is -4.41. The Morgan fingerprint density at radius 1 is 1.12 bits per heavy atom. The molecule has 2 heterocycles. The van der Waals surface area contributed by atoms with Gasteiger partial charge in [-0.15, -0.1) is 0 Å². The number of benzene rings is 3. The average molecular weight is 579 g/mol. The Balaban J connectivity index is 1.39. The number of fused-ring (bicyclic) bond motifs is 1. The van der Waals surface area contributed by atoms with Crippen LogP contribution in [-0.2, 0) is 26.9 Å².